The van der Waals surface area contributed by atoms with Crippen molar-refractivity contribution in [2.75, 3.05) is 6.54 Å². The van der Waals surface area contributed by atoms with Crippen LogP contribution in [0.2, 0.25) is 0 Å². The highest BCUT2D eigenvalue weighted by atomic mass is 16.3. The van der Waals surface area contributed by atoms with E-state index < -0.39 is 12.2 Å². The van der Waals surface area contributed by atoms with E-state index in [1.807, 2.05) is 0 Å². The molecule has 2 unspecified atom stereocenters. The Morgan fingerprint density at radius 2 is 1.94 bits per heavy atom. The summed E-state index contributed by atoms with van der Waals surface area (Å²) in [4.78, 5) is 10.6. The van der Waals surface area contributed by atoms with Gasteiger partial charge in [-0.05, 0) is 17.7 Å². The number of aromatic hydroxyl groups is 2. The molecule has 0 bridgehead atoms. The Kier molecular flexibility index (Phi) is 4.30. The van der Waals surface area contributed by atoms with Crippen LogP contribution < -0.4 is 5.32 Å². The highest BCUT2D eigenvalue weighted by Crippen LogP contribution is 2.28. The molecule has 2 atom stereocenters. The molecule has 1 rings (SSSR count). The maximum Gasteiger partial charge on any atom is 0.216 e. The van der Waals surface area contributed by atoms with Gasteiger partial charge in [0.2, 0.25) is 5.91 Å². The van der Waals surface area contributed by atoms with Gasteiger partial charge in [0, 0.05) is 13.5 Å². The number of rotatable bonds is 4. The largest absolute Gasteiger partial charge is 0.504 e. The van der Waals surface area contributed by atoms with Gasteiger partial charge in [-0.25, -0.2) is 0 Å². The topological polar surface area (TPSA) is 110 Å². The van der Waals surface area contributed by atoms with E-state index in [-0.39, 0.29) is 29.5 Å². The average molecular weight is 241 g/mol. The quantitative estimate of drug-likeness (QED) is 0.462. The van der Waals surface area contributed by atoms with E-state index in [9.17, 15) is 20.1 Å². The van der Waals surface area contributed by atoms with E-state index in [1.165, 1.54) is 19.1 Å². The molecule has 0 aliphatic heterocycles. The van der Waals surface area contributed by atoms with Gasteiger partial charge in [-0.15, -0.1) is 0 Å². The van der Waals surface area contributed by atoms with E-state index in [4.69, 9.17) is 5.11 Å². The Balaban J connectivity index is 2.70. The average Bonchev–Trinajstić information content (AvgIpc) is 2.28. The zero-order chi connectivity index (χ0) is 13.0. The molecule has 6 nitrogen and oxygen atoms in total. The zero-order valence-corrected chi connectivity index (χ0v) is 9.29. The molecule has 0 aliphatic rings. The van der Waals surface area contributed by atoms with Crippen LogP contribution in [-0.2, 0) is 4.79 Å². The zero-order valence-electron chi connectivity index (χ0n) is 9.29. The number of amides is 1. The van der Waals surface area contributed by atoms with E-state index in [1.54, 1.807) is 0 Å². The number of phenols is 2. The number of carbonyl (C=O) groups excluding carboxylic acids is 1. The number of benzene rings is 1. The second-order valence-electron chi connectivity index (χ2n) is 3.70. The van der Waals surface area contributed by atoms with Crippen LogP contribution in [0.1, 0.15) is 18.6 Å². The molecule has 0 saturated carbocycles. The SMILES string of the molecule is CC(=O)NCC(O)C(O)c1ccc(O)c(O)c1. The van der Waals surface area contributed by atoms with E-state index in [0.717, 1.165) is 6.07 Å². The maximum atomic E-state index is 10.6. The fourth-order valence-electron chi connectivity index (χ4n) is 1.31. The molecule has 1 amide bonds. The molecule has 0 radical (unpaired) electrons. The summed E-state index contributed by atoms with van der Waals surface area (Å²) in [5.74, 6) is -1.00. The number of aliphatic hydroxyl groups excluding tert-OH is 2. The second-order valence-corrected chi connectivity index (χ2v) is 3.70. The van der Waals surface area contributed by atoms with Gasteiger partial charge in [-0.2, -0.15) is 0 Å². The summed E-state index contributed by atoms with van der Waals surface area (Å²) >= 11 is 0. The number of hydrogen-bond acceptors (Lipinski definition) is 5. The Morgan fingerprint density at radius 1 is 1.29 bits per heavy atom. The van der Waals surface area contributed by atoms with Crippen molar-refractivity contribution in [3.63, 3.8) is 0 Å². The third-order valence-electron chi connectivity index (χ3n) is 2.27. The first kappa shape index (κ1) is 13.3. The minimum atomic E-state index is -1.26. The lowest BCUT2D eigenvalue weighted by atomic mass is 10.0. The van der Waals surface area contributed by atoms with Crippen LogP contribution in [0.25, 0.3) is 0 Å². The summed E-state index contributed by atoms with van der Waals surface area (Å²) in [6.45, 7) is 1.20. The first-order valence-electron chi connectivity index (χ1n) is 5.04. The Labute approximate surface area is 98.1 Å². The van der Waals surface area contributed by atoms with Gasteiger partial charge in [-0.3, -0.25) is 4.79 Å². The van der Waals surface area contributed by atoms with Gasteiger partial charge < -0.3 is 25.7 Å². The number of nitrogens with one attached hydrogen (secondary N) is 1. The van der Waals surface area contributed by atoms with E-state index in [2.05, 4.69) is 5.32 Å². The van der Waals surface area contributed by atoms with Crippen molar-refractivity contribution < 1.29 is 25.2 Å². The highest BCUT2D eigenvalue weighted by Gasteiger charge is 2.19. The molecular weight excluding hydrogens is 226 g/mol. The fraction of sp³-hybridized carbons (Fsp3) is 0.364. The van der Waals surface area contributed by atoms with Crippen LogP contribution >= 0.6 is 0 Å². The van der Waals surface area contributed by atoms with Crippen LogP contribution in [0.5, 0.6) is 11.5 Å². The number of phenolic OH excluding ortho intramolecular Hbond substituents is 2. The number of carbonyl (C=O) groups is 1. The molecule has 0 aliphatic carbocycles. The van der Waals surface area contributed by atoms with Crippen molar-refractivity contribution in [3.05, 3.63) is 23.8 Å². The first-order chi connectivity index (χ1) is 7.91. The summed E-state index contributed by atoms with van der Waals surface area (Å²) in [6, 6.07) is 3.73. The molecule has 0 spiro atoms. The minimum absolute atomic E-state index is 0.0991. The highest BCUT2D eigenvalue weighted by molar-refractivity contribution is 5.72. The van der Waals surface area contributed by atoms with Gasteiger partial charge in [0.25, 0.3) is 0 Å². The monoisotopic (exact) mass is 241 g/mol. The molecule has 1 aromatic rings. The van der Waals surface area contributed by atoms with Crippen molar-refractivity contribution >= 4 is 5.91 Å². The third kappa shape index (κ3) is 3.61. The number of hydrogen-bond donors (Lipinski definition) is 5. The van der Waals surface area contributed by atoms with Crippen molar-refractivity contribution in [3.8, 4) is 11.5 Å². The van der Waals surface area contributed by atoms with Crippen molar-refractivity contribution in [1.82, 2.24) is 5.32 Å². The molecule has 0 fully saturated rings. The lowest BCUT2D eigenvalue weighted by molar-refractivity contribution is -0.119. The van der Waals surface area contributed by atoms with Crippen molar-refractivity contribution in [2.45, 2.75) is 19.1 Å². The number of aliphatic hydroxyl groups is 2. The molecule has 0 aromatic heterocycles. The van der Waals surface area contributed by atoms with Crippen molar-refractivity contribution in [1.29, 1.82) is 0 Å². The summed E-state index contributed by atoms with van der Waals surface area (Å²) in [7, 11) is 0. The molecule has 6 heteroatoms. The van der Waals surface area contributed by atoms with E-state index >= 15 is 0 Å². The van der Waals surface area contributed by atoms with Crippen LogP contribution in [0.15, 0.2) is 18.2 Å². The van der Waals surface area contributed by atoms with Gasteiger partial charge in [0.1, 0.15) is 12.2 Å². The summed E-state index contributed by atoms with van der Waals surface area (Å²) in [5, 5.41) is 40.0. The molecular formula is C11H15NO5. The molecule has 94 valence electrons. The lowest BCUT2D eigenvalue weighted by Crippen LogP contribution is -2.34. The first-order valence-corrected chi connectivity index (χ1v) is 5.04. The van der Waals surface area contributed by atoms with Crippen LogP contribution in [0.3, 0.4) is 0 Å². The minimum Gasteiger partial charge on any atom is -0.504 e. The summed E-state index contributed by atoms with van der Waals surface area (Å²) < 4.78 is 0. The van der Waals surface area contributed by atoms with Gasteiger partial charge in [0.05, 0.1) is 0 Å². The molecule has 5 N–H and O–H groups in total. The standard InChI is InChI=1S/C11H15NO5/c1-6(13)12-5-10(16)11(17)7-2-3-8(14)9(15)4-7/h2-4,10-11,14-17H,5H2,1H3,(H,12,13). The molecule has 0 heterocycles. The normalized spacial score (nSPS) is 14.1. The molecule has 1 aromatic carbocycles. The predicted octanol–water partition coefficient (Wildman–Crippen LogP) is -0.372. The van der Waals surface area contributed by atoms with Gasteiger partial charge in [0.15, 0.2) is 11.5 Å². The lowest BCUT2D eigenvalue weighted by Gasteiger charge is -2.18. The van der Waals surface area contributed by atoms with Crippen LogP contribution in [-0.4, -0.2) is 39.0 Å². The molecule has 0 saturated heterocycles. The van der Waals surface area contributed by atoms with E-state index in [0.29, 0.717) is 0 Å². The Morgan fingerprint density at radius 3 is 2.47 bits per heavy atom. The van der Waals surface area contributed by atoms with Crippen LogP contribution in [0, 0.1) is 0 Å². The second kappa shape index (κ2) is 5.51. The smallest absolute Gasteiger partial charge is 0.216 e. The summed E-state index contributed by atoms with van der Waals surface area (Å²) in [5.41, 5.74) is 0.248. The molecule has 17 heavy (non-hydrogen) atoms. The third-order valence-corrected chi connectivity index (χ3v) is 2.27. The fourth-order valence-corrected chi connectivity index (χ4v) is 1.31. The van der Waals surface area contributed by atoms with Crippen molar-refractivity contribution in [2.24, 2.45) is 0 Å². The Hall–Kier alpha value is -1.79. The maximum absolute atomic E-state index is 10.6. The van der Waals surface area contributed by atoms with Gasteiger partial charge >= 0.3 is 0 Å². The van der Waals surface area contributed by atoms with Crippen LogP contribution in [0.4, 0.5) is 0 Å². The Bertz CT molecular complexity index is 407. The predicted molar refractivity (Wildman–Crippen MR) is 59.4 cm³/mol. The van der Waals surface area contributed by atoms with Gasteiger partial charge in [-0.1, -0.05) is 6.07 Å². The summed E-state index contributed by atoms with van der Waals surface area (Å²) in [6.07, 6.45) is -2.45.